The number of halogens is 2. The Labute approximate surface area is 193 Å². The van der Waals surface area contributed by atoms with Crippen molar-refractivity contribution in [3.05, 3.63) is 52.8 Å². The van der Waals surface area contributed by atoms with E-state index in [1.807, 2.05) is 30.3 Å². The van der Waals surface area contributed by atoms with E-state index < -0.39 is 5.92 Å². The third kappa shape index (κ3) is 4.01. The van der Waals surface area contributed by atoms with Crippen molar-refractivity contribution in [2.75, 3.05) is 20.3 Å². The van der Waals surface area contributed by atoms with Crippen molar-refractivity contribution in [2.24, 2.45) is 21.4 Å². The van der Waals surface area contributed by atoms with Crippen molar-refractivity contribution in [3.63, 3.8) is 0 Å². The molecule has 174 valence electrons. The number of hydrogen-bond acceptors (Lipinski definition) is 5. The Hall–Kier alpha value is -2.54. The third-order valence-corrected chi connectivity index (χ3v) is 7.39. The monoisotopic (exact) mass is 452 g/mol. The van der Waals surface area contributed by atoms with Gasteiger partial charge in [-0.05, 0) is 41.2 Å². The van der Waals surface area contributed by atoms with E-state index in [1.165, 1.54) is 0 Å². The summed E-state index contributed by atoms with van der Waals surface area (Å²) in [6, 6.07) is 9.87. The summed E-state index contributed by atoms with van der Waals surface area (Å²) >= 11 is 0. The molecule has 1 aromatic carbocycles. The van der Waals surface area contributed by atoms with E-state index in [9.17, 15) is 8.78 Å². The highest BCUT2D eigenvalue weighted by atomic mass is 19.3. The lowest BCUT2D eigenvalue weighted by atomic mass is 9.74. The van der Waals surface area contributed by atoms with Crippen LogP contribution < -0.4 is 0 Å². The minimum atomic E-state index is -2.74. The molecule has 5 rings (SSSR count). The Bertz CT molecular complexity index is 1090. The molecule has 2 aromatic rings. The van der Waals surface area contributed by atoms with Gasteiger partial charge in [-0.2, -0.15) is 5.11 Å². The van der Waals surface area contributed by atoms with Crippen LogP contribution in [0.3, 0.4) is 0 Å². The Kier molecular flexibility index (Phi) is 5.85. The van der Waals surface area contributed by atoms with Crippen LogP contribution in [0.2, 0.25) is 0 Å². The zero-order valence-electron chi connectivity index (χ0n) is 19.3. The molecule has 1 aromatic heterocycles. The minimum absolute atomic E-state index is 0.0219. The molecule has 2 aliphatic carbocycles. The minimum Gasteiger partial charge on any atom is -0.384 e. The van der Waals surface area contributed by atoms with Gasteiger partial charge in [0.05, 0.1) is 24.6 Å². The second-order valence-electron chi connectivity index (χ2n) is 9.75. The van der Waals surface area contributed by atoms with Crippen LogP contribution in [0.25, 0.3) is 11.1 Å². The van der Waals surface area contributed by atoms with Crippen LogP contribution in [0.4, 0.5) is 8.78 Å². The molecule has 1 atom stereocenters. The Morgan fingerprint density at radius 2 is 1.82 bits per heavy atom. The van der Waals surface area contributed by atoms with Crippen LogP contribution >= 0.6 is 0 Å². The number of ether oxygens (including phenoxy) is 1. The molecule has 1 saturated carbocycles. The molecule has 1 unspecified atom stereocenters. The number of aromatic nitrogens is 1. The van der Waals surface area contributed by atoms with Gasteiger partial charge in [-0.25, -0.2) is 8.78 Å². The Balaban J connectivity index is 1.87. The van der Waals surface area contributed by atoms with E-state index in [0.29, 0.717) is 18.7 Å². The predicted molar refractivity (Wildman–Crippen MR) is 124 cm³/mol. The predicted octanol–water partition coefficient (Wildman–Crippen LogP) is 6.14. The van der Waals surface area contributed by atoms with Gasteiger partial charge in [0, 0.05) is 42.5 Å². The highest BCUT2D eigenvalue weighted by molar-refractivity contribution is 6.09. The summed E-state index contributed by atoms with van der Waals surface area (Å²) in [7, 11) is 1.73. The lowest BCUT2D eigenvalue weighted by molar-refractivity contribution is -0.0127. The first-order chi connectivity index (χ1) is 15.9. The summed E-state index contributed by atoms with van der Waals surface area (Å²) in [6.45, 7) is 3.15. The fourth-order valence-electron chi connectivity index (χ4n) is 5.77. The summed E-state index contributed by atoms with van der Waals surface area (Å²) in [4.78, 5) is 5.18. The van der Waals surface area contributed by atoms with Crippen LogP contribution in [0.5, 0.6) is 0 Å². The van der Waals surface area contributed by atoms with E-state index in [4.69, 9.17) is 9.72 Å². The number of methoxy groups -OCH3 is 1. The quantitative estimate of drug-likeness (QED) is 0.547. The van der Waals surface area contributed by atoms with Crippen LogP contribution in [0.15, 0.2) is 45.8 Å². The van der Waals surface area contributed by atoms with Gasteiger partial charge in [-0.15, -0.1) is 5.10 Å². The normalized spacial score (nSPS) is 23.3. The summed E-state index contributed by atoms with van der Waals surface area (Å²) in [5.41, 5.74) is 5.60. The number of alkyl halides is 2. The standard InChI is InChI=1S/C26H30F2N4O/c1-17-15-29-32-31-23(17)22-21(18-8-4-3-5-9-18)19-14-26(27,28)13-10-20(19)30-24(22)25(16-33-2)11-6-7-12-25/h3-5,8-9,17H,6-7,10-16H2,1-2H3. The zero-order chi connectivity index (χ0) is 23.1. The second kappa shape index (κ2) is 8.67. The van der Waals surface area contributed by atoms with Crippen molar-refractivity contribution in [1.29, 1.82) is 0 Å². The number of fused-ring (bicyclic) bond motifs is 1. The van der Waals surface area contributed by atoms with Crippen molar-refractivity contribution in [1.82, 2.24) is 4.98 Å². The van der Waals surface area contributed by atoms with E-state index in [0.717, 1.165) is 59.5 Å². The van der Waals surface area contributed by atoms with Gasteiger partial charge in [0.1, 0.15) is 0 Å². The van der Waals surface area contributed by atoms with Gasteiger partial charge in [0.2, 0.25) is 0 Å². The van der Waals surface area contributed by atoms with Gasteiger partial charge in [-0.3, -0.25) is 4.98 Å². The fraction of sp³-hybridized carbons (Fsp3) is 0.538. The highest BCUT2D eigenvalue weighted by Gasteiger charge is 2.44. The second-order valence-corrected chi connectivity index (χ2v) is 9.75. The fourth-order valence-corrected chi connectivity index (χ4v) is 5.77. The molecule has 0 radical (unpaired) electrons. The lowest BCUT2D eigenvalue weighted by Crippen LogP contribution is -2.36. The molecular formula is C26H30F2N4O. The molecule has 2 heterocycles. The summed E-state index contributed by atoms with van der Waals surface area (Å²) in [6.07, 6.45) is 3.95. The number of hydrogen-bond donors (Lipinski definition) is 0. The SMILES string of the molecule is COCC1(c2nc3c(c(-c4ccccc4)c2C2=NN=NCC2C)CC(F)(F)CC3)CCCC1. The van der Waals surface area contributed by atoms with Gasteiger partial charge in [0.15, 0.2) is 0 Å². The maximum Gasteiger partial charge on any atom is 0.252 e. The molecule has 0 spiro atoms. The lowest BCUT2D eigenvalue weighted by Gasteiger charge is -2.36. The van der Waals surface area contributed by atoms with Crippen LogP contribution in [0, 0.1) is 5.92 Å². The van der Waals surface area contributed by atoms with E-state index in [1.54, 1.807) is 7.11 Å². The first kappa shape index (κ1) is 22.3. The molecule has 0 bridgehead atoms. The Morgan fingerprint density at radius 1 is 1.06 bits per heavy atom. The van der Waals surface area contributed by atoms with Crippen molar-refractivity contribution in [2.45, 2.75) is 63.2 Å². The zero-order valence-corrected chi connectivity index (χ0v) is 19.3. The maximum atomic E-state index is 14.7. The van der Waals surface area contributed by atoms with Crippen LogP contribution in [-0.2, 0) is 23.0 Å². The number of aryl methyl sites for hydroxylation is 1. The summed E-state index contributed by atoms with van der Waals surface area (Å²) in [5.74, 6) is -2.72. The molecule has 3 aliphatic rings. The molecule has 0 amide bonds. The van der Waals surface area contributed by atoms with Crippen molar-refractivity contribution < 1.29 is 13.5 Å². The van der Waals surface area contributed by atoms with Gasteiger partial charge in [-0.1, -0.05) is 50.1 Å². The average molecular weight is 453 g/mol. The molecule has 7 heteroatoms. The number of rotatable bonds is 5. The molecular weight excluding hydrogens is 422 g/mol. The number of benzene rings is 1. The summed E-state index contributed by atoms with van der Waals surface area (Å²) < 4.78 is 35.2. The van der Waals surface area contributed by atoms with Crippen LogP contribution in [0.1, 0.15) is 61.5 Å². The first-order valence-electron chi connectivity index (χ1n) is 11.9. The molecule has 1 fully saturated rings. The number of pyridine rings is 1. The molecule has 5 nitrogen and oxygen atoms in total. The molecule has 1 aliphatic heterocycles. The highest BCUT2D eigenvalue weighted by Crippen LogP contribution is 2.48. The smallest absolute Gasteiger partial charge is 0.252 e. The Morgan fingerprint density at radius 3 is 2.52 bits per heavy atom. The summed E-state index contributed by atoms with van der Waals surface area (Å²) in [5, 5.41) is 12.6. The van der Waals surface area contributed by atoms with E-state index in [2.05, 4.69) is 22.4 Å². The third-order valence-electron chi connectivity index (χ3n) is 7.39. The topological polar surface area (TPSA) is 59.2 Å². The molecule has 33 heavy (non-hydrogen) atoms. The molecule has 0 saturated heterocycles. The van der Waals surface area contributed by atoms with E-state index in [-0.39, 0.29) is 30.6 Å². The average Bonchev–Trinajstić information content (AvgIpc) is 3.28. The van der Waals surface area contributed by atoms with Gasteiger partial charge in [0.25, 0.3) is 5.92 Å². The molecule has 0 N–H and O–H groups in total. The largest absolute Gasteiger partial charge is 0.384 e. The number of nitrogens with zero attached hydrogens (tertiary/aromatic N) is 4. The van der Waals surface area contributed by atoms with E-state index >= 15 is 0 Å². The van der Waals surface area contributed by atoms with Gasteiger partial charge >= 0.3 is 0 Å². The maximum absolute atomic E-state index is 14.7. The van der Waals surface area contributed by atoms with Crippen LogP contribution in [-0.4, -0.2) is 36.9 Å². The van der Waals surface area contributed by atoms with Crippen molar-refractivity contribution >= 4 is 5.71 Å². The first-order valence-corrected chi connectivity index (χ1v) is 11.9. The van der Waals surface area contributed by atoms with Crippen molar-refractivity contribution in [3.8, 4) is 11.1 Å². The van der Waals surface area contributed by atoms with Gasteiger partial charge < -0.3 is 4.74 Å².